The minimum Gasteiger partial charge on any atom is -0.427 e. The van der Waals surface area contributed by atoms with Gasteiger partial charge in [-0.15, -0.1) is 12.4 Å². The summed E-state index contributed by atoms with van der Waals surface area (Å²) in [6, 6.07) is 7.47. The number of halogens is 1. The number of nitrogens with zero attached hydrogens (tertiary/aromatic N) is 1. The van der Waals surface area contributed by atoms with Crippen LogP contribution in [0.2, 0.25) is 0 Å². The van der Waals surface area contributed by atoms with Gasteiger partial charge in [0.2, 0.25) is 0 Å². The van der Waals surface area contributed by atoms with Crippen molar-refractivity contribution in [1.29, 1.82) is 5.41 Å². The van der Waals surface area contributed by atoms with Crippen molar-refractivity contribution < 1.29 is 9.53 Å². The molecule has 0 spiro atoms. The summed E-state index contributed by atoms with van der Waals surface area (Å²) < 4.78 is 5.32. The number of nitrogens with two attached hydrogens (primary N) is 1. The van der Waals surface area contributed by atoms with E-state index in [2.05, 4.69) is 0 Å². The first-order valence-corrected chi connectivity index (χ1v) is 7.41. The molecule has 1 aliphatic rings. The van der Waals surface area contributed by atoms with Gasteiger partial charge in [0.25, 0.3) is 0 Å². The SMILES string of the molecule is Cc1ccc(OC(=O)CCC2CCCN(C(=N)N)C2)cc1.Cl. The number of piperidine rings is 1. The molecule has 1 saturated heterocycles. The summed E-state index contributed by atoms with van der Waals surface area (Å²) in [5.74, 6) is 0.938. The van der Waals surface area contributed by atoms with Gasteiger partial charge in [-0.25, -0.2) is 0 Å². The van der Waals surface area contributed by atoms with Crippen molar-refractivity contribution in [2.45, 2.75) is 32.6 Å². The summed E-state index contributed by atoms with van der Waals surface area (Å²) in [7, 11) is 0. The second-order valence-electron chi connectivity index (χ2n) is 5.67. The Labute approximate surface area is 137 Å². The number of guanidine groups is 1. The zero-order valence-corrected chi connectivity index (χ0v) is 13.7. The van der Waals surface area contributed by atoms with Gasteiger partial charge in [-0.2, -0.15) is 0 Å². The Balaban J connectivity index is 0.00000242. The summed E-state index contributed by atoms with van der Waals surface area (Å²) in [4.78, 5) is 13.7. The van der Waals surface area contributed by atoms with Crippen LogP contribution < -0.4 is 10.5 Å². The highest BCUT2D eigenvalue weighted by Crippen LogP contribution is 2.21. The average Bonchev–Trinajstić information content (AvgIpc) is 2.48. The quantitative estimate of drug-likeness (QED) is 0.386. The van der Waals surface area contributed by atoms with E-state index in [1.54, 1.807) is 0 Å². The first-order valence-electron chi connectivity index (χ1n) is 7.41. The van der Waals surface area contributed by atoms with Crippen LogP contribution in [-0.2, 0) is 4.79 Å². The van der Waals surface area contributed by atoms with Crippen LogP contribution in [-0.4, -0.2) is 29.9 Å². The molecule has 0 aliphatic carbocycles. The number of likely N-dealkylation sites (tertiary alicyclic amines) is 1. The normalized spacial score (nSPS) is 17.5. The summed E-state index contributed by atoms with van der Waals surface area (Å²) in [6.45, 7) is 3.61. The Morgan fingerprint density at radius 1 is 1.41 bits per heavy atom. The van der Waals surface area contributed by atoms with E-state index in [1.807, 2.05) is 36.1 Å². The van der Waals surface area contributed by atoms with Crippen molar-refractivity contribution in [2.75, 3.05) is 13.1 Å². The Hall–Kier alpha value is -1.75. The molecule has 122 valence electrons. The third-order valence-electron chi connectivity index (χ3n) is 3.87. The van der Waals surface area contributed by atoms with Gasteiger partial charge in [0.15, 0.2) is 5.96 Å². The van der Waals surface area contributed by atoms with Crippen molar-refractivity contribution in [1.82, 2.24) is 4.90 Å². The zero-order chi connectivity index (χ0) is 15.2. The Bertz CT molecular complexity index is 505. The molecule has 1 aromatic carbocycles. The predicted octanol–water partition coefficient (Wildman–Crippen LogP) is 2.71. The van der Waals surface area contributed by atoms with E-state index in [0.29, 0.717) is 18.1 Å². The van der Waals surface area contributed by atoms with Gasteiger partial charge in [0.1, 0.15) is 5.75 Å². The second kappa shape index (κ2) is 8.63. The van der Waals surface area contributed by atoms with Crippen molar-refractivity contribution in [3.05, 3.63) is 29.8 Å². The second-order valence-corrected chi connectivity index (χ2v) is 5.67. The minimum atomic E-state index is -0.196. The minimum absolute atomic E-state index is 0. The number of esters is 1. The smallest absolute Gasteiger partial charge is 0.311 e. The molecule has 0 amide bonds. The Morgan fingerprint density at radius 3 is 2.73 bits per heavy atom. The summed E-state index contributed by atoms with van der Waals surface area (Å²) in [5, 5.41) is 7.47. The number of carbonyl (C=O) groups excluding carboxylic acids is 1. The van der Waals surface area contributed by atoms with Crippen LogP contribution in [0.4, 0.5) is 0 Å². The Morgan fingerprint density at radius 2 is 2.09 bits per heavy atom. The number of rotatable bonds is 4. The van der Waals surface area contributed by atoms with E-state index in [1.165, 1.54) is 0 Å². The van der Waals surface area contributed by atoms with Crippen molar-refractivity contribution in [3.8, 4) is 5.75 Å². The third-order valence-corrected chi connectivity index (χ3v) is 3.87. The van der Waals surface area contributed by atoms with Crippen molar-refractivity contribution in [3.63, 3.8) is 0 Å². The van der Waals surface area contributed by atoms with Gasteiger partial charge >= 0.3 is 5.97 Å². The molecule has 22 heavy (non-hydrogen) atoms. The molecule has 1 heterocycles. The summed E-state index contributed by atoms with van der Waals surface area (Å²) in [5.41, 5.74) is 6.66. The van der Waals surface area contributed by atoms with E-state index in [-0.39, 0.29) is 24.3 Å². The molecule has 0 bridgehead atoms. The number of nitrogens with one attached hydrogen (secondary N) is 1. The molecule has 5 nitrogen and oxygen atoms in total. The van der Waals surface area contributed by atoms with Gasteiger partial charge in [0, 0.05) is 19.5 Å². The molecule has 0 radical (unpaired) electrons. The average molecular weight is 326 g/mol. The molecule has 1 unspecified atom stereocenters. The number of hydrogen-bond acceptors (Lipinski definition) is 3. The van der Waals surface area contributed by atoms with Crippen molar-refractivity contribution >= 4 is 24.3 Å². The number of ether oxygens (including phenoxy) is 1. The fourth-order valence-electron chi connectivity index (χ4n) is 2.63. The highest BCUT2D eigenvalue weighted by molar-refractivity contribution is 5.85. The lowest BCUT2D eigenvalue weighted by Gasteiger charge is -2.32. The van der Waals surface area contributed by atoms with Crippen LogP contribution in [0.15, 0.2) is 24.3 Å². The monoisotopic (exact) mass is 325 g/mol. The highest BCUT2D eigenvalue weighted by atomic mass is 35.5. The van der Waals surface area contributed by atoms with Gasteiger partial charge in [-0.05, 0) is 44.2 Å². The van der Waals surface area contributed by atoms with E-state index >= 15 is 0 Å². The molecule has 1 aromatic rings. The van der Waals surface area contributed by atoms with Crippen LogP contribution >= 0.6 is 12.4 Å². The highest BCUT2D eigenvalue weighted by Gasteiger charge is 2.21. The fourth-order valence-corrected chi connectivity index (χ4v) is 2.63. The number of carbonyl (C=O) groups is 1. The maximum atomic E-state index is 11.9. The first kappa shape index (κ1) is 18.3. The van der Waals surface area contributed by atoms with Crippen LogP contribution in [0, 0.1) is 18.3 Å². The summed E-state index contributed by atoms with van der Waals surface area (Å²) in [6.07, 6.45) is 3.30. The zero-order valence-electron chi connectivity index (χ0n) is 12.9. The van der Waals surface area contributed by atoms with Crippen molar-refractivity contribution in [2.24, 2.45) is 11.7 Å². The summed E-state index contributed by atoms with van der Waals surface area (Å²) >= 11 is 0. The fraction of sp³-hybridized carbons (Fsp3) is 0.500. The maximum absolute atomic E-state index is 11.9. The number of aryl methyl sites for hydroxylation is 1. The lowest BCUT2D eigenvalue weighted by Crippen LogP contribution is -2.43. The van der Waals surface area contributed by atoms with Gasteiger partial charge in [-0.3, -0.25) is 10.2 Å². The molecule has 1 aliphatic heterocycles. The predicted molar refractivity (Wildman–Crippen MR) is 89.5 cm³/mol. The Kier molecular flexibility index (Phi) is 7.18. The first-order chi connectivity index (χ1) is 10.0. The lowest BCUT2D eigenvalue weighted by molar-refractivity contribution is -0.134. The molecule has 6 heteroatoms. The van der Waals surface area contributed by atoms with Crippen LogP contribution in [0.5, 0.6) is 5.75 Å². The van der Waals surface area contributed by atoms with Gasteiger partial charge in [-0.1, -0.05) is 17.7 Å². The lowest BCUT2D eigenvalue weighted by atomic mass is 9.93. The van der Waals surface area contributed by atoms with Crippen LogP contribution in [0.3, 0.4) is 0 Å². The molecular weight excluding hydrogens is 302 g/mol. The number of benzene rings is 1. The number of hydrogen-bond donors (Lipinski definition) is 2. The molecule has 2 rings (SSSR count). The molecule has 1 fully saturated rings. The van der Waals surface area contributed by atoms with Crippen LogP contribution in [0.25, 0.3) is 0 Å². The van der Waals surface area contributed by atoms with Gasteiger partial charge in [0.05, 0.1) is 0 Å². The molecule has 0 aromatic heterocycles. The van der Waals surface area contributed by atoms with Crippen LogP contribution in [0.1, 0.15) is 31.2 Å². The van der Waals surface area contributed by atoms with E-state index in [9.17, 15) is 4.79 Å². The maximum Gasteiger partial charge on any atom is 0.311 e. The van der Waals surface area contributed by atoms with E-state index in [4.69, 9.17) is 15.9 Å². The molecule has 0 saturated carbocycles. The molecular formula is C16H24ClN3O2. The molecule has 3 N–H and O–H groups in total. The van der Waals surface area contributed by atoms with E-state index < -0.39 is 0 Å². The largest absolute Gasteiger partial charge is 0.427 e. The standard InChI is InChI=1S/C16H23N3O2.ClH/c1-12-4-7-14(8-5-12)21-15(20)9-6-13-3-2-10-19(11-13)16(17)18;/h4-5,7-8,13H,2-3,6,9-11H2,1H3,(H3,17,18);1H. The third kappa shape index (κ3) is 5.56. The van der Waals surface area contributed by atoms with E-state index in [0.717, 1.165) is 37.9 Å². The molecule has 1 atom stereocenters. The van der Waals surface area contributed by atoms with Gasteiger partial charge < -0.3 is 15.4 Å². The topological polar surface area (TPSA) is 79.4 Å².